The van der Waals surface area contributed by atoms with Crippen LogP contribution < -0.4 is 10.6 Å². The van der Waals surface area contributed by atoms with Gasteiger partial charge >= 0.3 is 0 Å². The molecular weight excluding hydrogens is 212 g/mol. The van der Waals surface area contributed by atoms with Crippen molar-refractivity contribution in [2.75, 3.05) is 18.2 Å². The Morgan fingerprint density at radius 2 is 2.40 bits per heavy atom. The summed E-state index contributed by atoms with van der Waals surface area (Å²) < 4.78 is 0. The second kappa shape index (κ2) is 5.18. The molecule has 0 aromatic carbocycles. The summed E-state index contributed by atoms with van der Waals surface area (Å²) in [4.78, 5) is 11.6. The molecule has 3 N–H and O–H groups in total. The summed E-state index contributed by atoms with van der Waals surface area (Å²) in [5.74, 6) is 2.07. The number of nitrogens with one attached hydrogen (secondary N) is 2. The Kier molecular flexibility index (Phi) is 3.88. The van der Waals surface area contributed by atoms with E-state index in [2.05, 4.69) is 10.6 Å². The first kappa shape index (κ1) is 11.2. The molecule has 15 heavy (non-hydrogen) atoms. The minimum Gasteiger partial charge on any atom is -0.393 e. The van der Waals surface area contributed by atoms with E-state index in [0.29, 0.717) is 6.54 Å². The Morgan fingerprint density at radius 1 is 1.53 bits per heavy atom. The molecule has 1 aliphatic carbocycles. The van der Waals surface area contributed by atoms with Gasteiger partial charge in [-0.15, -0.1) is 11.8 Å². The summed E-state index contributed by atoms with van der Waals surface area (Å²) in [6.45, 7) is 0.628. The molecule has 1 amide bonds. The number of carbonyl (C=O) groups excluding carboxylic acids is 1. The molecule has 5 heteroatoms. The number of hydrogen-bond donors (Lipinski definition) is 3. The topological polar surface area (TPSA) is 61.4 Å². The third-order valence-corrected chi connectivity index (χ3v) is 4.13. The van der Waals surface area contributed by atoms with Crippen LogP contribution in [0.15, 0.2) is 0 Å². The highest BCUT2D eigenvalue weighted by Crippen LogP contribution is 2.24. The van der Waals surface area contributed by atoms with Crippen molar-refractivity contribution in [3.05, 3.63) is 0 Å². The molecule has 2 aliphatic rings. The lowest BCUT2D eigenvalue weighted by Crippen LogP contribution is -2.44. The molecule has 2 fully saturated rings. The van der Waals surface area contributed by atoms with E-state index in [1.807, 2.05) is 0 Å². The largest absolute Gasteiger partial charge is 0.393 e. The number of hydrogen-bond acceptors (Lipinski definition) is 4. The highest BCUT2D eigenvalue weighted by atomic mass is 32.2. The molecule has 86 valence electrons. The first-order valence-electron chi connectivity index (χ1n) is 5.54. The van der Waals surface area contributed by atoms with E-state index in [4.69, 9.17) is 0 Å². The fourth-order valence-corrected chi connectivity index (χ4v) is 3.12. The molecule has 1 heterocycles. The number of rotatable bonds is 3. The average molecular weight is 230 g/mol. The Morgan fingerprint density at radius 3 is 3.00 bits per heavy atom. The Labute approximate surface area is 94.2 Å². The maximum atomic E-state index is 11.6. The monoisotopic (exact) mass is 230 g/mol. The summed E-state index contributed by atoms with van der Waals surface area (Å²) in [5, 5.41) is 15.6. The van der Waals surface area contributed by atoms with Crippen molar-refractivity contribution in [3.63, 3.8) is 0 Å². The number of amides is 1. The van der Waals surface area contributed by atoms with Crippen molar-refractivity contribution in [2.45, 2.75) is 31.4 Å². The Bertz CT molecular complexity index is 231. The van der Waals surface area contributed by atoms with E-state index in [-0.39, 0.29) is 24.0 Å². The quantitative estimate of drug-likeness (QED) is 0.635. The molecule has 0 radical (unpaired) electrons. The lowest BCUT2D eigenvalue weighted by molar-refractivity contribution is -0.122. The Balaban J connectivity index is 1.70. The van der Waals surface area contributed by atoms with Gasteiger partial charge in [-0.05, 0) is 12.8 Å². The van der Waals surface area contributed by atoms with Gasteiger partial charge in [0.25, 0.3) is 0 Å². The normalized spacial score (nSPS) is 35.7. The summed E-state index contributed by atoms with van der Waals surface area (Å²) in [7, 11) is 0. The van der Waals surface area contributed by atoms with E-state index in [0.717, 1.165) is 30.9 Å². The second-order valence-electron chi connectivity index (χ2n) is 4.28. The summed E-state index contributed by atoms with van der Waals surface area (Å²) >= 11 is 1.75. The molecule has 0 spiro atoms. The minimum absolute atomic E-state index is 0.0338. The molecule has 1 aliphatic heterocycles. The maximum absolute atomic E-state index is 11.6. The molecule has 0 bridgehead atoms. The van der Waals surface area contributed by atoms with Gasteiger partial charge in [0.15, 0.2) is 0 Å². The van der Waals surface area contributed by atoms with Crippen molar-refractivity contribution in [3.8, 4) is 0 Å². The zero-order valence-corrected chi connectivity index (χ0v) is 9.55. The molecule has 1 saturated heterocycles. The number of thioether (sulfide) groups is 1. The highest BCUT2D eigenvalue weighted by Gasteiger charge is 2.27. The molecule has 4 nitrogen and oxygen atoms in total. The fraction of sp³-hybridized carbons (Fsp3) is 0.900. The molecule has 0 aromatic rings. The second-order valence-corrected chi connectivity index (χ2v) is 5.31. The summed E-state index contributed by atoms with van der Waals surface area (Å²) in [5.41, 5.74) is 0. The van der Waals surface area contributed by atoms with E-state index in [9.17, 15) is 9.90 Å². The minimum atomic E-state index is -0.212. The van der Waals surface area contributed by atoms with Crippen LogP contribution in [-0.2, 0) is 4.79 Å². The van der Waals surface area contributed by atoms with Gasteiger partial charge in [-0.2, -0.15) is 0 Å². The number of aliphatic hydroxyl groups excluding tert-OH is 1. The van der Waals surface area contributed by atoms with Gasteiger partial charge in [-0.3, -0.25) is 10.1 Å². The maximum Gasteiger partial charge on any atom is 0.238 e. The summed E-state index contributed by atoms with van der Waals surface area (Å²) in [6.07, 6.45) is 2.79. The van der Waals surface area contributed by atoms with Crippen molar-refractivity contribution in [1.29, 1.82) is 0 Å². The van der Waals surface area contributed by atoms with Gasteiger partial charge in [0.2, 0.25) is 5.91 Å². The van der Waals surface area contributed by atoms with Crippen LogP contribution in [0.2, 0.25) is 0 Å². The van der Waals surface area contributed by atoms with Gasteiger partial charge < -0.3 is 10.4 Å². The van der Waals surface area contributed by atoms with Crippen LogP contribution in [0.4, 0.5) is 0 Å². The van der Waals surface area contributed by atoms with Crippen LogP contribution in [-0.4, -0.2) is 41.3 Å². The lowest BCUT2D eigenvalue weighted by Gasteiger charge is -2.16. The number of carbonyl (C=O) groups is 1. The SMILES string of the molecule is O=C(NCC1CCCC1O)[C@H]1CSCN1. The standard InChI is InChI=1S/C10H18N2O2S/c13-9-3-1-2-7(9)4-11-10(14)8-5-15-6-12-8/h7-9,12-13H,1-6H2,(H,11,14)/t7?,8-,9?/m1/s1. The van der Waals surface area contributed by atoms with Crippen LogP contribution >= 0.6 is 11.8 Å². The first-order chi connectivity index (χ1) is 7.27. The first-order valence-corrected chi connectivity index (χ1v) is 6.70. The zero-order valence-electron chi connectivity index (χ0n) is 8.74. The van der Waals surface area contributed by atoms with Gasteiger partial charge in [0.1, 0.15) is 0 Å². The van der Waals surface area contributed by atoms with Gasteiger partial charge in [-0.25, -0.2) is 0 Å². The van der Waals surface area contributed by atoms with Gasteiger partial charge in [0.05, 0.1) is 12.1 Å². The lowest BCUT2D eigenvalue weighted by atomic mass is 10.1. The van der Waals surface area contributed by atoms with E-state index in [1.165, 1.54) is 0 Å². The zero-order chi connectivity index (χ0) is 10.7. The third-order valence-electron chi connectivity index (χ3n) is 3.19. The third kappa shape index (κ3) is 2.86. The predicted molar refractivity (Wildman–Crippen MR) is 60.6 cm³/mol. The molecule has 1 saturated carbocycles. The highest BCUT2D eigenvalue weighted by molar-refractivity contribution is 7.99. The molecule has 3 atom stereocenters. The van der Waals surface area contributed by atoms with Gasteiger partial charge in [0, 0.05) is 24.1 Å². The Hall–Kier alpha value is -0.260. The van der Waals surface area contributed by atoms with Gasteiger partial charge in [-0.1, -0.05) is 6.42 Å². The van der Waals surface area contributed by atoms with Crippen molar-refractivity contribution in [2.24, 2.45) is 5.92 Å². The predicted octanol–water partition coefficient (Wildman–Crippen LogP) is -0.0739. The van der Waals surface area contributed by atoms with Crippen molar-refractivity contribution >= 4 is 17.7 Å². The van der Waals surface area contributed by atoms with Crippen LogP contribution in [0, 0.1) is 5.92 Å². The molecule has 2 rings (SSSR count). The molecular formula is C10H18N2O2S. The smallest absolute Gasteiger partial charge is 0.238 e. The van der Waals surface area contributed by atoms with Crippen LogP contribution in [0.5, 0.6) is 0 Å². The van der Waals surface area contributed by atoms with E-state index in [1.54, 1.807) is 11.8 Å². The van der Waals surface area contributed by atoms with E-state index < -0.39 is 0 Å². The fourth-order valence-electron chi connectivity index (χ4n) is 2.17. The number of aliphatic hydroxyl groups is 1. The van der Waals surface area contributed by atoms with Crippen LogP contribution in [0.3, 0.4) is 0 Å². The van der Waals surface area contributed by atoms with Crippen molar-refractivity contribution < 1.29 is 9.90 Å². The van der Waals surface area contributed by atoms with Crippen LogP contribution in [0.1, 0.15) is 19.3 Å². The molecule has 0 aromatic heterocycles. The van der Waals surface area contributed by atoms with Crippen LogP contribution in [0.25, 0.3) is 0 Å². The van der Waals surface area contributed by atoms with E-state index >= 15 is 0 Å². The summed E-state index contributed by atoms with van der Waals surface area (Å²) in [6, 6.07) is -0.0338. The average Bonchev–Trinajstić information content (AvgIpc) is 2.85. The molecule has 2 unspecified atom stereocenters. The van der Waals surface area contributed by atoms with Crippen molar-refractivity contribution in [1.82, 2.24) is 10.6 Å².